The molecule has 6 heteroatoms. The zero-order chi connectivity index (χ0) is 14.4. The summed E-state index contributed by atoms with van der Waals surface area (Å²) in [4.78, 5) is 14.5. The Morgan fingerprint density at radius 3 is 2.75 bits per heavy atom. The molecule has 20 heavy (non-hydrogen) atoms. The van der Waals surface area contributed by atoms with Crippen molar-refractivity contribution < 1.29 is 0 Å². The predicted molar refractivity (Wildman–Crippen MR) is 85.3 cm³/mol. The number of nitrogens with zero attached hydrogens (tertiary/aromatic N) is 3. The summed E-state index contributed by atoms with van der Waals surface area (Å²) in [5.41, 5.74) is 0.731. The maximum Gasteiger partial charge on any atom is 0.283 e. The summed E-state index contributed by atoms with van der Waals surface area (Å²) >= 11 is 3.38. The largest absolute Gasteiger partial charge is 0.381 e. The molecule has 1 saturated heterocycles. The molecule has 112 valence electrons. The summed E-state index contributed by atoms with van der Waals surface area (Å²) in [6, 6.07) is 0. The Morgan fingerprint density at radius 2 is 2.05 bits per heavy atom. The van der Waals surface area contributed by atoms with Gasteiger partial charge in [0.1, 0.15) is 4.47 Å². The van der Waals surface area contributed by atoms with Crippen molar-refractivity contribution in [3.8, 4) is 0 Å². The Balaban J connectivity index is 1.89. The number of aryl methyl sites for hydroxylation is 1. The van der Waals surface area contributed by atoms with Gasteiger partial charge in [0.05, 0.1) is 11.9 Å². The molecule has 1 aromatic heterocycles. The van der Waals surface area contributed by atoms with Crippen molar-refractivity contribution in [2.24, 2.45) is 0 Å². The molecule has 0 saturated carbocycles. The van der Waals surface area contributed by atoms with Gasteiger partial charge in [-0.25, -0.2) is 4.68 Å². The molecular formula is C14H23BrN4O. The first-order valence-electron chi connectivity index (χ1n) is 7.44. The van der Waals surface area contributed by atoms with Crippen LogP contribution >= 0.6 is 15.9 Å². The van der Waals surface area contributed by atoms with E-state index in [1.807, 2.05) is 6.92 Å². The molecule has 2 rings (SSSR count). The van der Waals surface area contributed by atoms with Crippen LogP contribution in [0, 0.1) is 0 Å². The molecule has 1 fully saturated rings. The fourth-order valence-corrected chi connectivity index (χ4v) is 2.94. The van der Waals surface area contributed by atoms with Crippen LogP contribution in [0.25, 0.3) is 0 Å². The fraction of sp³-hybridized carbons (Fsp3) is 0.714. The van der Waals surface area contributed by atoms with Gasteiger partial charge in [0.25, 0.3) is 5.56 Å². The molecule has 0 amide bonds. The van der Waals surface area contributed by atoms with E-state index in [4.69, 9.17) is 0 Å². The number of nitrogens with one attached hydrogen (secondary N) is 1. The van der Waals surface area contributed by atoms with E-state index in [0.29, 0.717) is 11.0 Å². The number of anilines is 1. The molecular weight excluding hydrogens is 320 g/mol. The third kappa shape index (κ3) is 4.06. The average Bonchev–Trinajstić information content (AvgIpc) is 2.48. The molecule has 1 aliphatic rings. The third-order valence-electron chi connectivity index (χ3n) is 3.61. The van der Waals surface area contributed by atoms with Crippen LogP contribution in [0.2, 0.25) is 0 Å². The van der Waals surface area contributed by atoms with E-state index in [1.54, 1.807) is 6.20 Å². The zero-order valence-electron chi connectivity index (χ0n) is 12.1. The van der Waals surface area contributed by atoms with Crippen LogP contribution in [-0.2, 0) is 6.54 Å². The second-order valence-corrected chi connectivity index (χ2v) is 6.02. The smallest absolute Gasteiger partial charge is 0.283 e. The number of halogens is 1. The molecule has 0 aliphatic carbocycles. The number of hydrogen-bond acceptors (Lipinski definition) is 4. The molecule has 1 N–H and O–H groups in total. The lowest BCUT2D eigenvalue weighted by Gasteiger charge is -2.26. The van der Waals surface area contributed by atoms with Gasteiger partial charge in [0.15, 0.2) is 0 Å². The lowest BCUT2D eigenvalue weighted by atomic mass is 10.1. The van der Waals surface area contributed by atoms with Crippen LogP contribution in [0.4, 0.5) is 5.69 Å². The number of aromatic nitrogens is 2. The summed E-state index contributed by atoms with van der Waals surface area (Å²) < 4.78 is 2.08. The first-order chi connectivity index (χ1) is 9.72. The Labute approximate surface area is 128 Å². The highest BCUT2D eigenvalue weighted by Gasteiger charge is 2.11. The minimum Gasteiger partial charge on any atom is -0.381 e. The van der Waals surface area contributed by atoms with Crippen LogP contribution in [0.15, 0.2) is 15.5 Å². The summed E-state index contributed by atoms with van der Waals surface area (Å²) in [6.45, 7) is 6.94. The maximum atomic E-state index is 12.0. The Hall–Kier alpha value is -0.880. The minimum absolute atomic E-state index is 0.0603. The van der Waals surface area contributed by atoms with Crippen molar-refractivity contribution in [3.05, 3.63) is 21.0 Å². The molecule has 0 aromatic carbocycles. The molecule has 5 nitrogen and oxygen atoms in total. The standard InChI is InChI=1S/C14H23BrN4O/c1-2-7-19-14(20)13(15)12(11-17-19)16-6-10-18-8-4-3-5-9-18/h11,16H,2-10H2,1H3. The molecule has 1 aromatic rings. The highest BCUT2D eigenvalue weighted by atomic mass is 79.9. The lowest BCUT2D eigenvalue weighted by molar-refractivity contribution is 0.237. The highest BCUT2D eigenvalue weighted by molar-refractivity contribution is 9.10. The van der Waals surface area contributed by atoms with Crippen molar-refractivity contribution in [3.63, 3.8) is 0 Å². The molecule has 0 spiro atoms. The van der Waals surface area contributed by atoms with Crippen molar-refractivity contribution in [1.29, 1.82) is 0 Å². The van der Waals surface area contributed by atoms with Gasteiger partial charge in [0, 0.05) is 19.6 Å². The molecule has 1 aliphatic heterocycles. The van der Waals surface area contributed by atoms with Crippen LogP contribution in [0.3, 0.4) is 0 Å². The van der Waals surface area contributed by atoms with E-state index in [1.165, 1.54) is 37.0 Å². The highest BCUT2D eigenvalue weighted by Crippen LogP contribution is 2.16. The summed E-state index contributed by atoms with van der Waals surface area (Å²) in [6.07, 6.45) is 6.60. The SMILES string of the molecule is CCCn1ncc(NCCN2CCCCC2)c(Br)c1=O. The van der Waals surface area contributed by atoms with Gasteiger partial charge in [-0.15, -0.1) is 0 Å². The first kappa shape index (κ1) is 15.5. The third-order valence-corrected chi connectivity index (χ3v) is 4.38. The van der Waals surface area contributed by atoms with E-state index < -0.39 is 0 Å². The van der Waals surface area contributed by atoms with E-state index in [0.717, 1.165) is 25.2 Å². The summed E-state index contributed by atoms with van der Waals surface area (Å²) in [5.74, 6) is 0. The van der Waals surface area contributed by atoms with E-state index in [-0.39, 0.29) is 5.56 Å². The summed E-state index contributed by atoms with van der Waals surface area (Å²) in [7, 11) is 0. The van der Waals surface area contributed by atoms with Gasteiger partial charge in [0.2, 0.25) is 0 Å². The molecule has 0 bridgehead atoms. The zero-order valence-corrected chi connectivity index (χ0v) is 13.7. The van der Waals surface area contributed by atoms with E-state index in [2.05, 4.69) is 31.2 Å². The van der Waals surface area contributed by atoms with Gasteiger partial charge >= 0.3 is 0 Å². The Bertz CT molecular complexity index is 483. The topological polar surface area (TPSA) is 50.2 Å². The van der Waals surface area contributed by atoms with Gasteiger partial charge in [-0.2, -0.15) is 5.10 Å². The second kappa shape index (κ2) is 7.78. The van der Waals surface area contributed by atoms with Crippen LogP contribution in [0.5, 0.6) is 0 Å². The fourth-order valence-electron chi connectivity index (χ4n) is 2.49. The van der Waals surface area contributed by atoms with Crippen molar-refractivity contribution >= 4 is 21.6 Å². The summed E-state index contributed by atoms with van der Waals surface area (Å²) in [5, 5.41) is 7.50. The van der Waals surface area contributed by atoms with Crippen LogP contribution in [0.1, 0.15) is 32.6 Å². The van der Waals surface area contributed by atoms with Crippen LogP contribution in [-0.4, -0.2) is 40.9 Å². The number of hydrogen-bond donors (Lipinski definition) is 1. The van der Waals surface area contributed by atoms with Gasteiger partial charge < -0.3 is 10.2 Å². The van der Waals surface area contributed by atoms with Crippen LogP contribution < -0.4 is 10.9 Å². The number of piperidine rings is 1. The molecule has 0 atom stereocenters. The number of rotatable bonds is 6. The van der Waals surface area contributed by atoms with E-state index in [9.17, 15) is 4.79 Å². The Kier molecular flexibility index (Phi) is 6.04. The quantitative estimate of drug-likeness (QED) is 0.861. The lowest BCUT2D eigenvalue weighted by Crippen LogP contribution is -2.34. The number of likely N-dealkylation sites (tertiary alicyclic amines) is 1. The Morgan fingerprint density at radius 1 is 1.30 bits per heavy atom. The van der Waals surface area contributed by atoms with Crippen molar-refractivity contribution in [2.75, 3.05) is 31.5 Å². The van der Waals surface area contributed by atoms with Gasteiger partial charge in [-0.3, -0.25) is 4.79 Å². The first-order valence-corrected chi connectivity index (χ1v) is 8.23. The average molecular weight is 343 g/mol. The van der Waals surface area contributed by atoms with Crippen molar-refractivity contribution in [1.82, 2.24) is 14.7 Å². The minimum atomic E-state index is -0.0603. The maximum absolute atomic E-state index is 12.0. The monoisotopic (exact) mass is 342 g/mol. The second-order valence-electron chi connectivity index (χ2n) is 5.23. The molecule has 0 unspecified atom stereocenters. The van der Waals surface area contributed by atoms with Gasteiger partial charge in [-0.1, -0.05) is 13.3 Å². The predicted octanol–water partition coefficient (Wildman–Crippen LogP) is 2.31. The van der Waals surface area contributed by atoms with Gasteiger partial charge in [-0.05, 0) is 48.3 Å². The normalized spacial score (nSPS) is 16.3. The molecule has 0 radical (unpaired) electrons. The molecule has 2 heterocycles. The van der Waals surface area contributed by atoms with Crippen molar-refractivity contribution in [2.45, 2.75) is 39.2 Å². The van der Waals surface area contributed by atoms with E-state index >= 15 is 0 Å².